The largest absolute Gasteiger partial charge is 0.489 e. The van der Waals surface area contributed by atoms with Crippen molar-refractivity contribution in [2.24, 2.45) is 0 Å². The number of carbonyl (C=O) groups is 1. The van der Waals surface area contributed by atoms with E-state index >= 15 is 0 Å². The fourth-order valence-corrected chi connectivity index (χ4v) is 1.33. The summed E-state index contributed by atoms with van der Waals surface area (Å²) in [6, 6.07) is 4.41. The summed E-state index contributed by atoms with van der Waals surface area (Å²) in [7, 11) is -0.295. The van der Waals surface area contributed by atoms with Gasteiger partial charge in [0.05, 0.1) is 12.2 Å². The molecule has 92 valence electrons. The van der Waals surface area contributed by atoms with Gasteiger partial charge in [-0.2, -0.15) is 0 Å². The van der Waals surface area contributed by atoms with Gasteiger partial charge in [-0.1, -0.05) is 12.1 Å². The molecule has 0 aliphatic rings. The van der Waals surface area contributed by atoms with Crippen LogP contribution < -0.4 is 11.2 Å². The second-order valence-corrected chi connectivity index (χ2v) is 3.31. The topological polar surface area (TPSA) is 102 Å². The van der Waals surface area contributed by atoms with Gasteiger partial charge in [-0.25, -0.2) is 4.79 Å². The molecule has 0 aromatic heterocycles. The standard InChI is InChI=1S/C10H14BNO5/c1-16-5-6-17-10(13)9-7(11(14)15)3-2-4-8(9)12/h2-4,14-15H,5-6,12H2,1H3. The highest BCUT2D eigenvalue weighted by Crippen LogP contribution is 2.10. The molecule has 0 heterocycles. The third kappa shape index (κ3) is 3.45. The maximum absolute atomic E-state index is 11.7. The molecule has 1 rings (SSSR count). The van der Waals surface area contributed by atoms with Crippen LogP contribution in [0.2, 0.25) is 0 Å². The summed E-state index contributed by atoms with van der Waals surface area (Å²) in [4.78, 5) is 11.7. The lowest BCUT2D eigenvalue weighted by Gasteiger charge is -2.11. The molecule has 0 aliphatic heterocycles. The molecule has 0 saturated heterocycles. The predicted octanol–water partition coefficient (Wildman–Crippen LogP) is -1.25. The molecule has 0 fully saturated rings. The van der Waals surface area contributed by atoms with Crippen LogP contribution in [0.4, 0.5) is 5.69 Å². The Morgan fingerprint density at radius 3 is 2.71 bits per heavy atom. The van der Waals surface area contributed by atoms with Crippen molar-refractivity contribution in [2.45, 2.75) is 0 Å². The van der Waals surface area contributed by atoms with E-state index in [0.29, 0.717) is 0 Å². The van der Waals surface area contributed by atoms with Gasteiger partial charge >= 0.3 is 13.1 Å². The maximum atomic E-state index is 11.7. The van der Waals surface area contributed by atoms with E-state index in [-0.39, 0.29) is 29.9 Å². The predicted molar refractivity (Wildman–Crippen MR) is 62.8 cm³/mol. The summed E-state index contributed by atoms with van der Waals surface area (Å²) in [6.07, 6.45) is 0. The molecule has 6 nitrogen and oxygen atoms in total. The zero-order valence-electron chi connectivity index (χ0n) is 9.42. The number of nitrogens with two attached hydrogens (primary N) is 1. The molecular formula is C10H14BNO5. The van der Waals surface area contributed by atoms with Gasteiger partial charge < -0.3 is 25.3 Å². The van der Waals surface area contributed by atoms with Crippen LogP contribution in [0.15, 0.2) is 18.2 Å². The quantitative estimate of drug-likeness (QED) is 0.257. The average molecular weight is 239 g/mol. The van der Waals surface area contributed by atoms with Gasteiger partial charge in [-0.05, 0) is 11.5 Å². The van der Waals surface area contributed by atoms with Gasteiger partial charge in [-0.15, -0.1) is 0 Å². The number of hydrogen-bond acceptors (Lipinski definition) is 6. The first kappa shape index (κ1) is 13.5. The molecule has 0 atom stereocenters. The second kappa shape index (κ2) is 6.24. The van der Waals surface area contributed by atoms with Crippen molar-refractivity contribution in [3.63, 3.8) is 0 Å². The smallest absolute Gasteiger partial charge is 0.460 e. The number of benzene rings is 1. The molecule has 0 spiro atoms. The first-order valence-corrected chi connectivity index (χ1v) is 4.98. The van der Waals surface area contributed by atoms with E-state index in [2.05, 4.69) is 0 Å². The third-order valence-electron chi connectivity index (χ3n) is 2.13. The second-order valence-electron chi connectivity index (χ2n) is 3.31. The molecule has 0 amide bonds. The molecule has 0 bridgehead atoms. The third-order valence-corrected chi connectivity index (χ3v) is 2.13. The van der Waals surface area contributed by atoms with Gasteiger partial charge in [-0.3, -0.25) is 0 Å². The van der Waals surface area contributed by atoms with Gasteiger partial charge in [0.15, 0.2) is 0 Å². The van der Waals surface area contributed by atoms with Crippen LogP contribution in [-0.4, -0.2) is 43.5 Å². The highest BCUT2D eigenvalue weighted by Gasteiger charge is 2.23. The van der Waals surface area contributed by atoms with Crippen LogP contribution in [0.1, 0.15) is 10.4 Å². The zero-order valence-corrected chi connectivity index (χ0v) is 9.42. The number of esters is 1. The lowest BCUT2D eigenvalue weighted by atomic mass is 9.76. The molecule has 7 heteroatoms. The van der Waals surface area contributed by atoms with E-state index in [1.807, 2.05) is 0 Å². The Bertz CT molecular complexity index is 396. The number of carbonyl (C=O) groups excluding carboxylic acids is 1. The van der Waals surface area contributed by atoms with Crippen molar-refractivity contribution < 1.29 is 24.3 Å². The first-order chi connectivity index (χ1) is 8.07. The summed E-state index contributed by atoms with van der Waals surface area (Å²) < 4.78 is 9.60. The number of rotatable bonds is 5. The zero-order chi connectivity index (χ0) is 12.8. The number of nitrogen functional groups attached to an aromatic ring is 1. The summed E-state index contributed by atoms with van der Waals surface area (Å²) in [6.45, 7) is 0.333. The van der Waals surface area contributed by atoms with Gasteiger partial charge in [0.25, 0.3) is 0 Å². The fraction of sp³-hybridized carbons (Fsp3) is 0.300. The van der Waals surface area contributed by atoms with E-state index in [4.69, 9.17) is 25.3 Å². The lowest BCUT2D eigenvalue weighted by Crippen LogP contribution is -2.36. The van der Waals surface area contributed by atoms with Gasteiger partial charge in [0, 0.05) is 12.8 Å². The number of ether oxygens (including phenoxy) is 2. The Hall–Kier alpha value is -1.57. The highest BCUT2D eigenvalue weighted by molar-refractivity contribution is 6.60. The van der Waals surface area contributed by atoms with E-state index in [1.54, 1.807) is 0 Å². The lowest BCUT2D eigenvalue weighted by molar-refractivity contribution is 0.0390. The molecule has 0 unspecified atom stereocenters. The summed E-state index contributed by atoms with van der Waals surface area (Å²) in [5.74, 6) is -0.705. The molecule has 1 aromatic carbocycles. The van der Waals surface area contributed by atoms with Gasteiger partial charge in [0.1, 0.15) is 6.61 Å². The number of hydrogen-bond donors (Lipinski definition) is 3. The van der Waals surface area contributed by atoms with Crippen molar-refractivity contribution >= 4 is 24.2 Å². The molecule has 4 N–H and O–H groups in total. The average Bonchev–Trinajstić information content (AvgIpc) is 2.28. The van der Waals surface area contributed by atoms with Crippen molar-refractivity contribution in [3.05, 3.63) is 23.8 Å². The van der Waals surface area contributed by atoms with Crippen LogP contribution >= 0.6 is 0 Å². The van der Waals surface area contributed by atoms with Crippen molar-refractivity contribution in [1.82, 2.24) is 0 Å². The minimum atomic E-state index is -1.77. The van der Waals surface area contributed by atoms with E-state index in [0.717, 1.165) is 0 Å². The van der Waals surface area contributed by atoms with Crippen molar-refractivity contribution in [1.29, 1.82) is 0 Å². The summed E-state index contributed by atoms with van der Waals surface area (Å²) in [5, 5.41) is 18.2. The highest BCUT2D eigenvalue weighted by atomic mass is 16.6. The minimum absolute atomic E-state index is 0.0208. The van der Waals surface area contributed by atoms with E-state index < -0.39 is 13.1 Å². The molecule has 0 radical (unpaired) electrons. The van der Waals surface area contributed by atoms with Crippen LogP contribution in [0, 0.1) is 0 Å². The minimum Gasteiger partial charge on any atom is -0.460 e. The molecule has 17 heavy (non-hydrogen) atoms. The van der Waals surface area contributed by atoms with Crippen LogP contribution in [-0.2, 0) is 9.47 Å². The Morgan fingerprint density at radius 2 is 2.12 bits per heavy atom. The SMILES string of the molecule is COCCOC(=O)c1c(N)cccc1B(O)O. The number of methoxy groups -OCH3 is 1. The Morgan fingerprint density at radius 1 is 1.41 bits per heavy atom. The van der Waals surface area contributed by atoms with Crippen molar-refractivity contribution in [2.75, 3.05) is 26.1 Å². The Labute approximate surface area is 99.1 Å². The number of anilines is 1. The first-order valence-electron chi connectivity index (χ1n) is 4.98. The van der Waals surface area contributed by atoms with Crippen LogP contribution in [0.25, 0.3) is 0 Å². The van der Waals surface area contributed by atoms with E-state index in [1.165, 1.54) is 25.3 Å². The van der Waals surface area contributed by atoms with Crippen LogP contribution in [0.3, 0.4) is 0 Å². The monoisotopic (exact) mass is 239 g/mol. The van der Waals surface area contributed by atoms with Crippen LogP contribution in [0.5, 0.6) is 0 Å². The molecule has 0 aliphatic carbocycles. The molecule has 0 saturated carbocycles. The molecule has 1 aromatic rings. The Kier molecular flexibility index (Phi) is 4.95. The summed E-state index contributed by atoms with van der Waals surface area (Å²) in [5.41, 5.74) is 5.74. The molecular weight excluding hydrogens is 225 g/mol. The normalized spacial score (nSPS) is 10.1. The van der Waals surface area contributed by atoms with Crippen molar-refractivity contribution in [3.8, 4) is 0 Å². The van der Waals surface area contributed by atoms with Gasteiger partial charge in [0.2, 0.25) is 0 Å². The summed E-state index contributed by atoms with van der Waals surface area (Å²) >= 11 is 0. The fourth-order valence-electron chi connectivity index (χ4n) is 1.33. The van der Waals surface area contributed by atoms with E-state index in [9.17, 15) is 4.79 Å². The Balaban J connectivity index is 2.91. The maximum Gasteiger partial charge on any atom is 0.489 e.